The van der Waals surface area contributed by atoms with Crippen LogP contribution >= 0.6 is 22.6 Å². The highest BCUT2D eigenvalue weighted by Crippen LogP contribution is 2.44. The zero-order valence-corrected chi connectivity index (χ0v) is 14.2. The van der Waals surface area contributed by atoms with E-state index in [0.29, 0.717) is 8.89 Å². The number of carbonyl (C=O) groups is 1. The monoisotopic (exact) mass is 491 g/mol. The Morgan fingerprint density at radius 3 is 2.00 bits per heavy atom. The van der Waals surface area contributed by atoms with E-state index in [1.54, 1.807) is 22.6 Å². The molecule has 0 aliphatic heterocycles. The van der Waals surface area contributed by atoms with Gasteiger partial charge in [-0.1, -0.05) is 6.07 Å². The molecule has 13 heteroatoms. The standard InChI is InChI=1S/C11H8F6INO4S/c12-10(13,14)9(11(15,16)17,5-24(21,22)23)19-8(20)6-2-1-3-7(18)4-6/h1-4H,5H2,(H,19,20)(H,21,22,23). The predicted octanol–water partition coefficient (Wildman–Crippen LogP) is 2.77. The molecule has 0 unspecified atom stereocenters. The van der Waals surface area contributed by atoms with Crippen LogP contribution in [0.5, 0.6) is 0 Å². The molecule has 0 atom stereocenters. The van der Waals surface area contributed by atoms with Gasteiger partial charge in [0, 0.05) is 9.13 Å². The zero-order chi connectivity index (χ0) is 19.0. The van der Waals surface area contributed by atoms with Crippen molar-refractivity contribution in [2.75, 3.05) is 5.75 Å². The summed E-state index contributed by atoms with van der Waals surface area (Å²) in [5.74, 6) is -4.60. The van der Waals surface area contributed by atoms with Crippen LogP contribution in [0.2, 0.25) is 0 Å². The molecule has 24 heavy (non-hydrogen) atoms. The first-order valence-electron chi connectivity index (χ1n) is 5.76. The van der Waals surface area contributed by atoms with Crippen molar-refractivity contribution in [1.82, 2.24) is 5.32 Å². The van der Waals surface area contributed by atoms with Crippen LogP contribution in [0.3, 0.4) is 0 Å². The summed E-state index contributed by atoms with van der Waals surface area (Å²) >= 11 is 1.67. The normalized spacial score (nSPS) is 13.7. The van der Waals surface area contributed by atoms with Gasteiger partial charge >= 0.3 is 12.4 Å². The second-order valence-electron chi connectivity index (χ2n) is 4.59. The first kappa shape index (κ1) is 21.0. The third kappa shape index (κ3) is 4.72. The first-order chi connectivity index (χ1) is 10.6. The van der Waals surface area contributed by atoms with Crippen molar-refractivity contribution in [1.29, 1.82) is 0 Å². The third-order valence-corrected chi connectivity index (χ3v) is 4.25. The molecule has 1 aromatic carbocycles. The van der Waals surface area contributed by atoms with Gasteiger partial charge in [-0.3, -0.25) is 9.35 Å². The van der Waals surface area contributed by atoms with Gasteiger partial charge < -0.3 is 5.32 Å². The number of alkyl halides is 6. The zero-order valence-electron chi connectivity index (χ0n) is 11.2. The molecule has 1 aromatic rings. The number of hydrogen-bond acceptors (Lipinski definition) is 3. The molecular formula is C11H8F6INO4S. The summed E-state index contributed by atoms with van der Waals surface area (Å²) in [6.45, 7) is 0. The highest BCUT2D eigenvalue weighted by Gasteiger charge is 2.73. The van der Waals surface area contributed by atoms with Gasteiger partial charge in [-0.15, -0.1) is 0 Å². The van der Waals surface area contributed by atoms with Crippen LogP contribution in [0.25, 0.3) is 0 Å². The fraction of sp³-hybridized carbons (Fsp3) is 0.364. The van der Waals surface area contributed by atoms with Gasteiger partial charge in [-0.2, -0.15) is 34.8 Å². The molecule has 0 spiro atoms. The molecule has 0 radical (unpaired) electrons. The van der Waals surface area contributed by atoms with E-state index in [9.17, 15) is 39.6 Å². The molecule has 1 rings (SSSR count). The molecule has 0 saturated carbocycles. The van der Waals surface area contributed by atoms with Crippen LogP contribution in [-0.2, 0) is 10.1 Å². The highest BCUT2D eigenvalue weighted by atomic mass is 127. The lowest BCUT2D eigenvalue weighted by molar-refractivity contribution is -0.296. The van der Waals surface area contributed by atoms with Crippen LogP contribution < -0.4 is 5.32 Å². The molecule has 0 aliphatic carbocycles. The average molecular weight is 491 g/mol. The maximum Gasteiger partial charge on any atom is 0.421 e. The van der Waals surface area contributed by atoms with E-state index in [1.165, 1.54) is 12.1 Å². The number of nitrogens with one attached hydrogen (secondary N) is 1. The van der Waals surface area contributed by atoms with Crippen molar-refractivity contribution >= 4 is 38.6 Å². The summed E-state index contributed by atoms with van der Waals surface area (Å²) in [5, 5.41) is 0.679. The van der Waals surface area contributed by atoms with Crippen LogP contribution in [0.4, 0.5) is 26.3 Å². The third-order valence-electron chi connectivity index (χ3n) is 2.78. The largest absolute Gasteiger partial charge is 0.421 e. The molecule has 0 aromatic heterocycles. The number of benzene rings is 1. The topological polar surface area (TPSA) is 83.5 Å². The van der Waals surface area contributed by atoms with Crippen molar-refractivity contribution in [3.63, 3.8) is 0 Å². The van der Waals surface area contributed by atoms with Crippen molar-refractivity contribution in [2.45, 2.75) is 17.9 Å². The van der Waals surface area contributed by atoms with Gasteiger partial charge in [-0.25, -0.2) is 0 Å². The Balaban J connectivity index is 3.45. The Morgan fingerprint density at radius 1 is 1.12 bits per heavy atom. The summed E-state index contributed by atoms with van der Waals surface area (Å²) in [5.41, 5.74) is -5.71. The number of rotatable bonds is 4. The summed E-state index contributed by atoms with van der Waals surface area (Å²) in [6, 6.07) is 4.59. The number of hydrogen-bond donors (Lipinski definition) is 2. The van der Waals surface area contributed by atoms with E-state index in [4.69, 9.17) is 4.55 Å². The molecule has 2 N–H and O–H groups in total. The van der Waals surface area contributed by atoms with E-state index in [1.807, 2.05) is 0 Å². The van der Waals surface area contributed by atoms with Gasteiger partial charge in [0.15, 0.2) is 0 Å². The summed E-state index contributed by atoms with van der Waals surface area (Å²) in [4.78, 5) is 11.8. The molecule has 0 heterocycles. The lowest BCUT2D eigenvalue weighted by Gasteiger charge is -2.36. The van der Waals surface area contributed by atoms with E-state index in [2.05, 4.69) is 0 Å². The maximum absolute atomic E-state index is 13.0. The summed E-state index contributed by atoms with van der Waals surface area (Å²) in [6.07, 6.45) is -12.5. The van der Waals surface area contributed by atoms with Crippen LogP contribution in [0.15, 0.2) is 24.3 Å². The molecular weight excluding hydrogens is 483 g/mol. The van der Waals surface area contributed by atoms with Gasteiger partial charge in [0.05, 0.1) is 0 Å². The minimum Gasteiger partial charge on any atom is -0.330 e. The second-order valence-corrected chi connectivity index (χ2v) is 7.29. The lowest BCUT2D eigenvalue weighted by Crippen LogP contribution is -2.70. The Morgan fingerprint density at radius 2 is 1.62 bits per heavy atom. The SMILES string of the molecule is O=C(NC(CS(=O)(=O)O)(C(F)(F)F)C(F)(F)F)c1cccc(I)c1. The van der Waals surface area contributed by atoms with Crippen LogP contribution in [0, 0.1) is 3.57 Å². The molecule has 0 aliphatic rings. The van der Waals surface area contributed by atoms with Gasteiger partial charge in [0.25, 0.3) is 16.0 Å². The van der Waals surface area contributed by atoms with E-state index < -0.39 is 45.2 Å². The van der Waals surface area contributed by atoms with E-state index >= 15 is 0 Å². The van der Waals surface area contributed by atoms with Crippen molar-refractivity contribution in [2.24, 2.45) is 0 Å². The Kier molecular flexibility index (Phi) is 5.82. The predicted molar refractivity (Wildman–Crippen MR) is 77.9 cm³/mol. The Bertz CT molecular complexity index is 717. The molecule has 5 nitrogen and oxygen atoms in total. The highest BCUT2D eigenvalue weighted by molar-refractivity contribution is 14.1. The summed E-state index contributed by atoms with van der Waals surface area (Å²) < 4.78 is 109. The average Bonchev–Trinajstić information content (AvgIpc) is 2.33. The Hall–Kier alpha value is -1.09. The van der Waals surface area contributed by atoms with Crippen LogP contribution in [0.1, 0.15) is 10.4 Å². The molecule has 0 saturated heterocycles. The maximum atomic E-state index is 13.0. The second kappa shape index (κ2) is 6.67. The van der Waals surface area contributed by atoms with E-state index in [0.717, 1.165) is 12.1 Å². The fourth-order valence-electron chi connectivity index (χ4n) is 1.67. The van der Waals surface area contributed by atoms with Crippen LogP contribution in [-0.4, -0.2) is 42.5 Å². The van der Waals surface area contributed by atoms with Crippen molar-refractivity contribution in [3.05, 3.63) is 33.4 Å². The molecule has 0 fully saturated rings. The smallest absolute Gasteiger partial charge is 0.330 e. The van der Waals surface area contributed by atoms with Gasteiger partial charge in [0.1, 0.15) is 5.75 Å². The summed E-state index contributed by atoms with van der Waals surface area (Å²) in [7, 11) is -5.74. The van der Waals surface area contributed by atoms with Gasteiger partial charge in [0.2, 0.25) is 5.54 Å². The number of halogens is 7. The minimum atomic E-state index is -6.24. The molecule has 136 valence electrons. The minimum absolute atomic E-state index is 0.347. The Labute approximate surface area is 145 Å². The lowest BCUT2D eigenvalue weighted by atomic mass is 9.99. The fourth-order valence-corrected chi connectivity index (χ4v) is 3.16. The number of amides is 1. The van der Waals surface area contributed by atoms with Gasteiger partial charge in [-0.05, 0) is 40.8 Å². The van der Waals surface area contributed by atoms with Crippen molar-refractivity contribution < 1.29 is 44.1 Å². The quantitative estimate of drug-likeness (QED) is 0.386. The van der Waals surface area contributed by atoms with E-state index in [-0.39, 0.29) is 0 Å². The first-order valence-corrected chi connectivity index (χ1v) is 8.44. The van der Waals surface area contributed by atoms with Crippen molar-refractivity contribution in [3.8, 4) is 0 Å². The number of carbonyl (C=O) groups excluding carboxylic acids is 1. The molecule has 0 bridgehead atoms. The molecule has 1 amide bonds.